The molecular formula is C51H33N3S2Si. The Morgan fingerprint density at radius 1 is 0.351 bits per heavy atom. The molecule has 11 aromatic rings. The molecule has 0 aliphatic carbocycles. The molecule has 0 aliphatic rings. The summed E-state index contributed by atoms with van der Waals surface area (Å²) in [5.41, 5.74) is 2.92. The van der Waals surface area contributed by atoms with Gasteiger partial charge in [-0.25, -0.2) is 15.0 Å². The zero-order valence-electron chi connectivity index (χ0n) is 30.7. The molecule has 0 aliphatic heterocycles. The molecule has 0 saturated carbocycles. The van der Waals surface area contributed by atoms with Gasteiger partial charge in [0.2, 0.25) is 0 Å². The number of rotatable bonds is 7. The second kappa shape index (κ2) is 13.9. The van der Waals surface area contributed by atoms with Gasteiger partial charge in [-0.1, -0.05) is 182 Å². The molecular weight excluding hydrogens is 747 g/mol. The van der Waals surface area contributed by atoms with E-state index in [1.54, 1.807) is 11.3 Å². The maximum Gasteiger partial charge on any atom is 0.181 e. The number of hydrogen-bond donors (Lipinski definition) is 0. The number of fused-ring (bicyclic) bond motifs is 6. The summed E-state index contributed by atoms with van der Waals surface area (Å²) in [5.74, 6) is 1.98. The molecule has 3 nitrogen and oxygen atoms in total. The summed E-state index contributed by atoms with van der Waals surface area (Å²) in [5, 5.41) is 10.3. The molecule has 0 unspecified atom stereocenters. The summed E-state index contributed by atoms with van der Waals surface area (Å²) in [6, 6.07) is 72.5. The maximum absolute atomic E-state index is 5.36. The molecule has 3 aromatic heterocycles. The largest absolute Gasteiger partial charge is 0.208 e. The van der Waals surface area contributed by atoms with Crippen LogP contribution in [0.2, 0.25) is 0 Å². The molecule has 11 rings (SSSR count). The Labute approximate surface area is 339 Å². The third kappa shape index (κ3) is 5.56. The SMILES string of the molecule is c1ccc(-c2nc(-c3cccc([Si](c4ccccc4)(c4ccccc4)c4cccc5c4sc4ccccc45)c3)nc(-c3cccc4sc5ccccc5c34)n2)cc1. The first kappa shape index (κ1) is 33.7. The Balaban J connectivity index is 1.19. The van der Waals surface area contributed by atoms with E-state index in [1.807, 2.05) is 29.5 Å². The van der Waals surface area contributed by atoms with Crippen LogP contribution in [0.5, 0.6) is 0 Å². The van der Waals surface area contributed by atoms with Crippen molar-refractivity contribution in [1.82, 2.24) is 15.0 Å². The molecule has 0 amide bonds. The second-order valence-electron chi connectivity index (χ2n) is 14.3. The Morgan fingerprint density at radius 2 is 0.860 bits per heavy atom. The number of nitrogens with zero attached hydrogens (tertiary/aromatic N) is 3. The van der Waals surface area contributed by atoms with Crippen LogP contribution in [0.3, 0.4) is 0 Å². The minimum atomic E-state index is -2.96. The molecule has 57 heavy (non-hydrogen) atoms. The van der Waals surface area contributed by atoms with Crippen molar-refractivity contribution in [3.63, 3.8) is 0 Å². The maximum atomic E-state index is 5.36. The zero-order valence-corrected chi connectivity index (χ0v) is 33.3. The van der Waals surface area contributed by atoms with Crippen LogP contribution >= 0.6 is 22.7 Å². The smallest absolute Gasteiger partial charge is 0.181 e. The van der Waals surface area contributed by atoms with Crippen LogP contribution < -0.4 is 20.7 Å². The summed E-state index contributed by atoms with van der Waals surface area (Å²) < 4.78 is 5.11. The average Bonchev–Trinajstić information content (AvgIpc) is 3.87. The first-order valence-electron chi connectivity index (χ1n) is 19.1. The first-order chi connectivity index (χ1) is 28.3. The van der Waals surface area contributed by atoms with E-state index in [2.05, 4.69) is 182 Å². The van der Waals surface area contributed by atoms with Gasteiger partial charge in [0.1, 0.15) is 0 Å². The predicted octanol–water partition coefficient (Wildman–Crippen LogP) is 11.0. The number of thiophene rings is 2. The lowest BCUT2D eigenvalue weighted by Crippen LogP contribution is -2.74. The normalized spacial score (nSPS) is 11.9. The van der Waals surface area contributed by atoms with Crippen molar-refractivity contribution in [3.05, 3.63) is 200 Å². The van der Waals surface area contributed by atoms with E-state index in [1.165, 1.54) is 61.1 Å². The molecule has 0 atom stereocenters. The van der Waals surface area contributed by atoms with Gasteiger partial charge in [-0.05, 0) is 38.9 Å². The monoisotopic (exact) mass is 779 g/mol. The summed E-state index contributed by atoms with van der Waals surface area (Å²) in [6.45, 7) is 0. The molecule has 0 N–H and O–H groups in total. The van der Waals surface area contributed by atoms with E-state index in [0.29, 0.717) is 17.5 Å². The molecule has 0 fully saturated rings. The molecule has 8 aromatic carbocycles. The van der Waals surface area contributed by atoms with E-state index in [9.17, 15) is 0 Å². The summed E-state index contributed by atoms with van der Waals surface area (Å²) >= 11 is 3.71. The van der Waals surface area contributed by atoms with Crippen LogP contribution in [0.4, 0.5) is 0 Å². The quantitative estimate of drug-likeness (QED) is 0.119. The van der Waals surface area contributed by atoms with Gasteiger partial charge in [0.25, 0.3) is 0 Å². The lowest BCUT2D eigenvalue weighted by atomic mass is 10.1. The van der Waals surface area contributed by atoms with Gasteiger partial charge in [0, 0.05) is 57.0 Å². The first-order valence-corrected chi connectivity index (χ1v) is 22.7. The number of aromatic nitrogens is 3. The van der Waals surface area contributed by atoms with Crippen LogP contribution in [0.15, 0.2) is 200 Å². The van der Waals surface area contributed by atoms with Gasteiger partial charge in [-0.3, -0.25) is 0 Å². The highest BCUT2D eigenvalue weighted by Crippen LogP contribution is 2.40. The van der Waals surface area contributed by atoms with E-state index in [0.717, 1.165) is 16.7 Å². The van der Waals surface area contributed by atoms with Crippen molar-refractivity contribution in [2.24, 2.45) is 0 Å². The Morgan fingerprint density at radius 3 is 1.60 bits per heavy atom. The van der Waals surface area contributed by atoms with E-state index in [4.69, 9.17) is 15.0 Å². The lowest BCUT2D eigenvalue weighted by Gasteiger charge is -2.35. The Hall–Kier alpha value is -6.57. The highest BCUT2D eigenvalue weighted by atomic mass is 32.1. The average molecular weight is 780 g/mol. The summed E-state index contributed by atoms with van der Waals surface area (Å²) in [4.78, 5) is 15.8. The van der Waals surface area contributed by atoms with Crippen LogP contribution in [-0.4, -0.2) is 23.0 Å². The van der Waals surface area contributed by atoms with Gasteiger partial charge >= 0.3 is 0 Å². The van der Waals surface area contributed by atoms with Crippen LogP contribution in [-0.2, 0) is 0 Å². The van der Waals surface area contributed by atoms with Gasteiger partial charge in [-0.15, -0.1) is 22.7 Å². The minimum absolute atomic E-state index is 0.654. The van der Waals surface area contributed by atoms with Crippen molar-refractivity contribution in [1.29, 1.82) is 0 Å². The Kier molecular flexibility index (Phi) is 8.21. The standard InChI is InChI=1S/C51H33N3S2Si/c1-4-17-34(18-5-1)49-52-50(54-51(53-49)42-28-15-31-45-47(42)41-26-11-13-30-44(41)55-45)35-19-14-24-38(33-35)57(36-20-6-2-7-21-36,37-22-8-3-9-23-37)46-32-16-27-40-39-25-10-12-29-43(39)56-48(40)46/h1-33H. The molecule has 0 radical (unpaired) electrons. The van der Waals surface area contributed by atoms with E-state index >= 15 is 0 Å². The minimum Gasteiger partial charge on any atom is -0.208 e. The van der Waals surface area contributed by atoms with Crippen molar-refractivity contribution in [2.75, 3.05) is 0 Å². The second-order valence-corrected chi connectivity index (χ2v) is 20.2. The Bertz CT molecular complexity index is 3210. The van der Waals surface area contributed by atoms with Gasteiger partial charge in [0.15, 0.2) is 25.5 Å². The third-order valence-electron chi connectivity index (χ3n) is 11.1. The molecule has 3 heterocycles. The summed E-state index contributed by atoms with van der Waals surface area (Å²) in [7, 11) is -2.96. The van der Waals surface area contributed by atoms with Crippen molar-refractivity contribution in [3.8, 4) is 34.2 Å². The molecule has 268 valence electrons. The highest BCUT2D eigenvalue weighted by molar-refractivity contribution is 7.30. The van der Waals surface area contributed by atoms with Crippen molar-refractivity contribution in [2.45, 2.75) is 0 Å². The fourth-order valence-corrected chi connectivity index (χ4v) is 16.3. The third-order valence-corrected chi connectivity index (χ3v) is 18.4. The van der Waals surface area contributed by atoms with E-state index < -0.39 is 8.07 Å². The van der Waals surface area contributed by atoms with Crippen molar-refractivity contribution >= 4 is 91.8 Å². The highest BCUT2D eigenvalue weighted by Gasteiger charge is 2.43. The van der Waals surface area contributed by atoms with E-state index in [-0.39, 0.29) is 0 Å². The molecule has 0 spiro atoms. The number of benzene rings is 8. The van der Waals surface area contributed by atoms with Crippen molar-refractivity contribution < 1.29 is 0 Å². The zero-order chi connectivity index (χ0) is 37.8. The van der Waals surface area contributed by atoms with Crippen LogP contribution in [0, 0.1) is 0 Å². The number of hydrogen-bond acceptors (Lipinski definition) is 5. The van der Waals surface area contributed by atoms with Crippen LogP contribution in [0.1, 0.15) is 0 Å². The fourth-order valence-electron chi connectivity index (χ4n) is 8.58. The fraction of sp³-hybridized carbons (Fsp3) is 0. The molecule has 6 heteroatoms. The summed E-state index contributed by atoms with van der Waals surface area (Å²) in [6.07, 6.45) is 0. The predicted molar refractivity (Wildman–Crippen MR) is 246 cm³/mol. The topological polar surface area (TPSA) is 38.7 Å². The molecule has 0 bridgehead atoms. The van der Waals surface area contributed by atoms with Gasteiger partial charge < -0.3 is 0 Å². The lowest BCUT2D eigenvalue weighted by molar-refractivity contribution is 1.08. The molecule has 0 saturated heterocycles. The van der Waals surface area contributed by atoms with Gasteiger partial charge in [0.05, 0.1) is 0 Å². The van der Waals surface area contributed by atoms with Crippen LogP contribution in [0.25, 0.3) is 74.5 Å². The van der Waals surface area contributed by atoms with Gasteiger partial charge in [-0.2, -0.15) is 0 Å².